The summed E-state index contributed by atoms with van der Waals surface area (Å²) in [6.45, 7) is 11.5. The summed E-state index contributed by atoms with van der Waals surface area (Å²) in [6.07, 6.45) is 4.16. The monoisotopic (exact) mass is 226 g/mol. The zero-order chi connectivity index (χ0) is 12.1. The van der Waals surface area contributed by atoms with Gasteiger partial charge >= 0.3 is 0 Å². The van der Waals surface area contributed by atoms with Crippen LogP contribution in [0.3, 0.4) is 0 Å². The van der Waals surface area contributed by atoms with Crippen LogP contribution in [-0.4, -0.2) is 37.1 Å². The summed E-state index contributed by atoms with van der Waals surface area (Å²) < 4.78 is 0. The van der Waals surface area contributed by atoms with Gasteiger partial charge in [-0.25, -0.2) is 0 Å². The summed E-state index contributed by atoms with van der Waals surface area (Å²) in [7, 11) is 2.29. The van der Waals surface area contributed by atoms with Crippen LogP contribution in [0.4, 0.5) is 0 Å². The van der Waals surface area contributed by atoms with Crippen molar-refractivity contribution in [3.8, 4) is 0 Å². The molecular formula is C14H30N2. The molecule has 0 radical (unpaired) electrons. The van der Waals surface area contributed by atoms with Crippen LogP contribution in [0, 0.1) is 11.8 Å². The third kappa shape index (κ3) is 4.06. The zero-order valence-electron chi connectivity index (χ0n) is 11.8. The predicted octanol–water partition coefficient (Wildman–Crippen LogP) is 2.74. The van der Waals surface area contributed by atoms with E-state index in [1.807, 2.05) is 0 Å². The van der Waals surface area contributed by atoms with Gasteiger partial charge < -0.3 is 10.2 Å². The number of likely N-dealkylation sites (N-methyl/N-ethyl adjacent to an activating group) is 2. The molecule has 0 heterocycles. The Balaban J connectivity index is 2.39. The van der Waals surface area contributed by atoms with Crippen molar-refractivity contribution in [3.05, 3.63) is 0 Å². The minimum atomic E-state index is 0.654. The van der Waals surface area contributed by atoms with Crippen LogP contribution in [-0.2, 0) is 0 Å². The molecule has 3 atom stereocenters. The second kappa shape index (κ2) is 6.61. The van der Waals surface area contributed by atoms with Gasteiger partial charge in [-0.3, -0.25) is 0 Å². The fourth-order valence-corrected chi connectivity index (χ4v) is 2.41. The molecule has 1 fully saturated rings. The largest absolute Gasteiger partial charge is 0.313 e. The molecule has 0 saturated heterocycles. The Bertz CT molecular complexity index is 189. The van der Waals surface area contributed by atoms with Gasteiger partial charge in [0.1, 0.15) is 0 Å². The molecule has 0 aromatic carbocycles. The van der Waals surface area contributed by atoms with Crippen molar-refractivity contribution < 1.29 is 0 Å². The molecular weight excluding hydrogens is 196 g/mol. The quantitative estimate of drug-likeness (QED) is 0.684. The van der Waals surface area contributed by atoms with Crippen molar-refractivity contribution in [2.75, 3.05) is 20.1 Å². The van der Waals surface area contributed by atoms with Crippen LogP contribution in [0.2, 0.25) is 0 Å². The van der Waals surface area contributed by atoms with Crippen LogP contribution >= 0.6 is 0 Å². The van der Waals surface area contributed by atoms with E-state index in [9.17, 15) is 0 Å². The summed E-state index contributed by atoms with van der Waals surface area (Å²) in [5, 5.41) is 3.64. The molecule has 2 nitrogen and oxygen atoms in total. The first kappa shape index (κ1) is 14.0. The average Bonchev–Trinajstić information content (AvgIpc) is 3.10. The van der Waals surface area contributed by atoms with Gasteiger partial charge in [0.15, 0.2) is 0 Å². The molecule has 1 aliphatic rings. The second-order valence-corrected chi connectivity index (χ2v) is 5.57. The average molecular weight is 226 g/mol. The Labute approximate surface area is 102 Å². The Morgan fingerprint density at radius 3 is 2.31 bits per heavy atom. The van der Waals surface area contributed by atoms with Crippen LogP contribution < -0.4 is 5.32 Å². The maximum atomic E-state index is 3.64. The van der Waals surface area contributed by atoms with Gasteiger partial charge in [-0.05, 0) is 45.2 Å². The van der Waals surface area contributed by atoms with Gasteiger partial charge in [-0.1, -0.05) is 27.2 Å². The van der Waals surface area contributed by atoms with E-state index in [2.05, 4.69) is 45.0 Å². The number of rotatable bonds is 8. The molecule has 0 amide bonds. The lowest BCUT2D eigenvalue weighted by Gasteiger charge is -2.32. The number of hydrogen-bond donors (Lipinski definition) is 1. The normalized spacial score (nSPS) is 22.1. The topological polar surface area (TPSA) is 15.3 Å². The molecule has 1 aliphatic carbocycles. The highest BCUT2D eigenvalue weighted by Crippen LogP contribution is 2.34. The highest BCUT2D eigenvalue weighted by molar-refractivity contribution is 4.86. The maximum Gasteiger partial charge on any atom is 0.0220 e. The van der Waals surface area contributed by atoms with Gasteiger partial charge in [-0.2, -0.15) is 0 Å². The van der Waals surface area contributed by atoms with Crippen LogP contribution in [0.15, 0.2) is 0 Å². The van der Waals surface area contributed by atoms with Gasteiger partial charge in [0.25, 0.3) is 0 Å². The predicted molar refractivity (Wildman–Crippen MR) is 71.7 cm³/mol. The minimum Gasteiger partial charge on any atom is -0.313 e. The van der Waals surface area contributed by atoms with Crippen molar-refractivity contribution in [2.45, 2.75) is 59.0 Å². The first-order valence-electron chi connectivity index (χ1n) is 7.03. The van der Waals surface area contributed by atoms with E-state index in [0.29, 0.717) is 6.04 Å². The molecule has 1 rings (SSSR count). The van der Waals surface area contributed by atoms with E-state index in [-0.39, 0.29) is 0 Å². The number of nitrogens with one attached hydrogen (secondary N) is 1. The highest BCUT2D eigenvalue weighted by atomic mass is 15.2. The molecule has 0 bridgehead atoms. The third-order valence-electron chi connectivity index (χ3n) is 4.28. The molecule has 1 N–H and O–H groups in total. The van der Waals surface area contributed by atoms with E-state index in [4.69, 9.17) is 0 Å². The summed E-state index contributed by atoms with van der Waals surface area (Å²) in [4.78, 5) is 2.55. The van der Waals surface area contributed by atoms with E-state index in [0.717, 1.165) is 24.4 Å². The molecule has 0 aromatic heterocycles. The van der Waals surface area contributed by atoms with Crippen molar-refractivity contribution in [1.82, 2.24) is 10.2 Å². The molecule has 1 saturated carbocycles. The minimum absolute atomic E-state index is 0.654. The summed E-state index contributed by atoms with van der Waals surface area (Å²) >= 11 is 0. The maximum absolute atomic E-state index is 3.64. The fraction of sp³-hybridized carbons (Fsp3) is 1.00. The van der Waals surface area contributed by atoms with Crippen molar-refractivity contribution >= 4 is 0 Å². The molecule has 16 heavy (non-hydrogen) atoms. The lowest BCUT2D eigenvalue weighted by atomic mass is 9.98. The highest BCUT2D eigenvalue weighted by Gasteiger charge is 2.31. The third-order valence-corrected chi connectivity index (χ3v) is 4.28. The SMILES string of the molecule is CCNC(CN(C)C(C)C1CC1)C(C)CC. The molecule has 0 spiro atoms. The molecule has 3 unspecified atom stereocenters. The molecule has 2 heteroatoms. The lowest BCUT2D eigenvalue weighted by Crippen LogP contribution is -2.46. The number of hydrogen-bond acceptors (Lipinski definition) is 2. The standard InChI is InChI=1S/C14H30N2/c1-6-11(3)14(15-7-2)10-16(5)12(4)13-8-9-13/h11-15H,6-10H2,1-5H3. The van der Waals surface area contributed by atoms with E-state index < -0.39 is 0 Å². The van der Waals surface area contributed by atoms with Gasteiger partial charge in [0.2, 0.25) is 0 Å². The fourth-order valence-electron chi connectivity index (χ4n) is 2.41. The van der Waals surface area contributed by atoms with Crippen molar-refractivity contribution in [3.63, 3.8) is 0 Å². The van der Waals surface area contributed by atoms with Crippen molar-refractivity contribution in [1.29, 1.82) is 0 Å². The van der Waals surface area contributed by atoms with Gasteiger partial charge in [0.05, 0.1) is 0 Å². The van der Waals surface area contributed by atoms with E-state index >= 15 is 0 Å². The first-order valence-corrected chi connectivity index (χ1v) is 7.03. The first-order chi connectivity index (χ1) is 7.60. The van der Waals surface area contributed by atoms with Crippen LogP contribution in [0.5, 0.6) is 0 Å². The Morgan fingerprint density at radius 1 is 1.25 bits per heavy atom. The molecule has 0 aromatic rings. The molecule has 0 aliphatic heterocycles. The van der Waals surface area contributed by atoms with Gasteiger partial charge in [0, 0.05) is 18.6 Å². The van der Waals surface area contributed by atoms with E-state index in [1.165, 1.54) is 25.8 Å². The lowest BCUT2D eigenvalue weighted by molar-refractivity contribution is 0.187. The number of nitrogens with zero attached hydrogens (tertiary/aromatic N) is 1. The zero-order valence-corrected chi connectivity index (χ0v) is 11.8. The Hall–Kier alpha value is -0.0800. The second-order valence-electron chi connectivity index (χ2n) is 5.57. The summed E-state index contributed by atoms with van der Waals surface area (Å²) in [5.41, 5.74) is 0. The van der Waals surface area contributed by atoms with Crippen LogP contribution in [0.25, 0.3) is 0 Å². The Kier molecular flexibility index (Phi) is 5.77. The van der Waals surface area contributed by atoms with E-state index in [1.54, 1.807) is 0 Å². The Morgan fingerprint density at radius 2 is 1.88 bits per heavy atom. The van der Waals surface area contributed by atoms with Crippen molar-refractivity contribution in [2.24, 2.45) is 11.8 Å². The van der Waals surface area contributed by atoms with Crippen LogP contribution in [0.1, 0.15) is 47.0 Å². The summed E-state index contributed by atoms with van der Waals surface area (Å²) in [6, 6.07) is 1.42. The summed E-state index contributed by atoms with van der Waals surface area (Å²) in [5.74, 6) is 1.75. The van der Waals surface area contributed by atoms with Gasteiger partial charge in [-0.15, -0.1) is 0 Å². The molecule has 96 valence electrons. The smallest absolute Gasteiger partial charge is 0.0220 e.